The molecule has 0 saturated carbocycles. The maximum absolute atomic E-state index is 12.9. The third-order valence-electron chi connectivity index (χ3n) is 5.84. The zero-order valence-electron chi connectivity index (χ0n) is 21.1. The van der Waals surface area contributed by atoms with Gasteiger partial charge in [0, 0.05) is 32.3 Å². The van der Waals surface area contributed by atoms with Crippen molar-refractivity contribution in [2.75, 3.05) is 13.1 Å². The van der Waals surface area contributed by atoms with Crippen LogP contribution in [0.15, 0.2) is 103 Å². The third kappa shape index (κ3) is 8.74. The number of amides is 2. The molecule has 38 heavy (non-hydrogen) atoms. The number of ether oxygens (including phenoxy) is 2. The van der Waals surface area contributed by atoms with Gasteiger partial charge in [-0.15, -0.1) is 11.3 Å². The Kier molecular flexibility index (Phi) is 10.3. The van der Waals surface area contributed by atoms with Crippen molar-refractivity contribution >= 4 is 23.5 Å². The van der Waals surface area contributed by atoms with Crippen LogP contribution in [0.5, 0.6) is 0 Å². The molecule has 0 radical (unpaired) electrons. The number of benzene rings is 3. The first-order chi connectivity index (χ1) is 18.7. The summed E-state index contributed by atoms with van der Waals surface area (Å²) in [5.41, 5.74) is 4.73. The normalized spacial score (nSPS) is 11.4. The summed E-state index contributed by atoms with van der Waals surface area (Å²) in [5.74, 6) is 0. The van der Waals surface area contributed by atoms with Gasteiger partial charge in [0.15, 0.2) is 0 Å². The molecule has 1 aromatic heterocycles. The Bertz CT molecular complexity index is 1240. The van der Waals surface area contributed by atoms with Crippen LogP contribution in [0.2, 0.25) is 0 Å². The van der Waals surface area contributed by atoms with Crippen molar-refractivity contribution in [3.05, 3.63) is 124 Å². The zero-order valence-corrected chi connectivity index (χ0v) is 21.9. The minimum atomic E-state index is -0.499. The van der Waals surface area contributed by atoms with E-state index in [0.717, 1.165) is 21.6 Å². The lowest BCUT2D eigenvalue weighted by Crippen LogP contribution is -2.34. The number of hydrogen-bond donors (Lipinski definition) is 1. The van der Waals surface area contributed by atoms with Crippen LogP contribution in [-0.2, 0) is 29.0 Å². The summed E-state index contributed by atoms with van der Waals surface area (Å²) in [7, 11) is 0. The first kappa shape index (κ1) is 26.9. The number of alkyl carbamates (subject to hydrolysis) is 1. The first-order valence-corrected chi connectivity index (χ1v) is 13.4. The van der Waals surface area contributed by atoms with Crippen molar-refractivity contribution in [3.8, 4) is 0 Å². The highest BCUT2D eigenvalue weighted by Crippen LogP contribution is 2.25. The Labute approximate surface area is 227 Å². The lowest BCUT2D eigenvalue weighted by molar-refractivity contribution is 0.0917. The Morgan fingerprint density at radius 1 is 0.868 bits per heavy atom. The van der Waals surface area contributed by atoms with E-state index in [0.29, 0.717) is 32.5 Å². The van der Waals surface area contributed by atoms with Gasteiger partial charge in [-0.3, -0.25) is 4.98 Å². The predicted octanol–water partition coefficient (Wildman–Crippen LogP) is 6.38. The fourth-order valence-electron chi connectivity index (χ4n) is 3.89. The second-order valence-corrected chi connectivity index (χ2v) is 9.63. The molecule has 4 rings (SSSR count). The molecule has 0 fully saturated rings. The molecule has 0 aliphatic rings. The molecular formula is C30H31N3O4S. The van der Waals surface area contributed by atoms with Crippen molar-refractivity contribution in [2.45, 2.75) is 32.1 Å². The fraction of sp³-hybridized carbons (Fsp3) is 0.233. The van der Waals surface area contributed by atoms with E-state index in [1.807, 2.05) is 91.0 Å². The molecule has 4 aromatic rings. The third-order valence-corrected chi connectivity index (χ3v) is 6.70. The summed E-state index contributed by atoms with van der Waals surface area (Å²) in [5, 5.41) is 2.82. The fourth-order valence-corrected chi connectivity index (χ4v) is 4.54. The van der Waals surface area contributed by atoms with Crippen LogP contribution in [0.25, 0.3) is 0 Å². The largest absolute Gasteiger partial charge is 0.445 e. The number of rotatable bonds is 12. The summed E-state index contributed by atoms with van der Waals surface area (Å²) in [6, 6.07) is 29.2. The van der Waals surface area contributed by atoms with Gasteiger partial charge in [-0.1, -0.05) is 91.0 Å². The van der Waals surface area contributed by atoms with E-state index < -0.39 is 18.3 Å². The number of carbonyl (C=O) groups excluding carboxylic acids is 2. The summed E-state index contributed by atoms with van der Waals surface area (Å²) in [4.78, 5) is 32.2. The van der Waals surface area contributed by atoms with Gasteiger partial charge in [0.1, 0.15) is 12.7 Å². The first-order valence-electron chi connectivity index (χ1n) is 12.5. The number of aromatic nitrogens is 1. The van der Waals surface area contributed by atoms with E-state index in [1.165, 1.54) is 11.3 Å². The summed E-state index contributed by atoms with van der Waals surface area (Å²) < 4.78 is 11.3. The summed E-state index contributed by atoms with van der Waals surface area (Å²) >= 11 is 1.46. The second kappa shape index (κ2) is 14.5. The Morgan fingerprint density at radius 2 is 1.50 bits per heavy atom. The predicted molar refractivity (Wildman–Crippen MR) is 148 cm³/mol. The molecule has 1 unspecified atom stereocenters. The lowest BCUT2D eigenvalue weighted by Gasteiger charge is -2.23. The van der Waals surface area contributed by atoms with E-state index in [-0.39, 0.29) is 6.61 Å². The van der Waals surface area contributed by atoms with E-state index in [4.69, 9.17) is 9.47 Å². The second-order valence-electron chi connectivity index (χ2n) is 8.72. The summed E-state index contributed by atoms with van der Waals surface area (Å²) in [6.45, 7) is 1.40. The molecule has 3 aromatic carbocycles. The van der Waals surface area contributed by atoms with Gasteiger partial charge >= 0.3 is 12.2 Å². The number of hydrogen-bond acceptors (Lipinski definition) is 6. The maximum atomic E-state index is 12.9. The Morgan fingerprint density at radius 3 is 2.13 bits per heavy atom. The van der Waals surface area contributed by atoms with Gasteiger partial charge in [0.2, 0.25) is 0 Å². The molecule has 7 nitrogen and oxygen atoms in total. The molecule has 1 N–H and O–H groups in total. The lowest BCUT2D eigenvalue weighted by atomic mass is 10.1. The smallest absolute Gasteiger partial charge is 0.410 e. The minimum absolute atomic E-state index is 0.204. The highest BCUT2D eigenvalue weighted by atomic mass is 32.1. The Hall–Kier alpha value is -4.17. The number of carbonyl (C=O) groups is 2. The molecule has 196 valence electrons. The Balaban J connectivity index is 1.28. The van der Waals surface area contributed by atoms with Crippen LogP contribution in [0, 0.1) is 0 Å². The topological polar surface area (TPSA) is 80.8 Å². The molecule has 0 spiro atoms. The van der Waals surface area contributed by atoms with E-state index >= 15 is 0 Å². The molecule has 2 amide bonds. The SMILES string of the molecule is O=C(NCCCN(Cc1ccccc1)C(=O)OCc1ccccc1)OC(Cc1ccccc1)c1cncs1. The van der Waals surface area contributed by atoms with E-state index in [2.05, 4.69) is 10.3 Å². The standard InChI is InChI=1S/C30H31N3O4S/c34-29(37-27(28-20-31-23-38-28)19-24-11-4-1-5-12-24)32-17-10-18-33(21-25-13-6-2-7-14-25)30(35)36-22-26-15-8-3-9-16-26/h1-9,11-16,20,23,27H,10,17-19,21-22H2,(H,32,34). The van der Waals surface area contributed by atoms with Gasteiger partial charge in [0.05, 0.1) is 10.4 Å². The van der Waals surface area contributed by atoms with Crippen LogP contribution < -0.4 is 5.32 Å². The average Bonchev–Trinajstić information content (AvgIpc) is 3.50. The quantitative estimate of drug-likeness (QED) is 0.215. The van der Waals surface area contributed by atoms with Crippen LogP contribution in [0.3, 0.4) is 0 Å². The van der Waals surface area contributed by atoms with E-state index in [1.54, 1.807) is 16.6 Å². The minimum Gasteiger partial charge on any atom is -0.445 e. The number of thiazole rings is 1. The highest BCUT2D eigenvalue weighted by Gasteiger charge is 2.20. The highest BCUT2D eigenvalue weighted by molar-refractivity contribution is 7.09. The average molecular weight is 530 g/mol. The molecule has 1 heterocycles. The molecule has 0 bridgehead atoms. The number of nitrogens with one attached hydrogen (secondary N) is 1. The van der Waals surface area contributed by atoms with E-state index in [9.17, 15) is 9.59 Å². The monoisotopic (exact) mass is 529 g/mol. The van der Waals surface area contributed by atoms with Gasteiger partial charge < -0.3 is 19.7 Å². The molecule has 0 saturated heterocycles. The van der Waals surface area contributed by atoms with Crippen LogP contribution in [0.4, 0.5) is 9.59 Å². The van der Waals surface area contributed by atoms with Crippen LogP contribution >= 0.6 is 11.3 Å². The number of nitrogens with zero attached hydrogens (tertiary/aromatic N) is 2. The van der Waals surface area contributed by atoms with Gasteiger partial charge in [-0.25, -0.2) is 9.59 Å². The summed E-state index contributed by atoms with van der Waals surface area (Å²) in [6.07, 6.45) is 1.52. The van der Waals surface area contributed by atoms with Crippen molar-refractivity contribution < 1.29 is 19.1 Å². The molecule has 1 atom stereocenters. The molecule has 8 heteroatoms. The van der Waals surface area contributed by atoms with Crippen molar-refractivity contribution in [2.24, 2.45) is 0 Å². The van der Waals surface area contributed by atoms with Crippen molar-refractivity contribution in [1.29, 1.82) is 0 Å². The van der Waals surface area contributed by atoms with Crippen LogP contribution in [0.1, 0.15) is 34.1 Å². The molecule has 0 aliphatic heterocycles. The van der Waals surface area contributed by atoms with Gasteiger partial charge in [0.25, 0.3) is 0 Å². The maximum Gasteiger partial charge on any atom is 0.410 e. The zero-order chi connectivity index (χ0) is 26.4. The van der Waals surface area contributed by atoms with Crippen LogP contribution in [-0.4, -0.2) is 35.2 Å². The molecular weight excluding hydrogens is 498 g/mol. The van der Waals surface area contributed by atoms with Gasteiger partial charge in [-0.2, -0.15) is 0 Å². The van der Waals surface area contributed by atoms with Crippen molar-refractivity contribution in [3.63, 3.8) is 0 Å². The van der Waals surface area contributed by atoms with Gasteiger partial charge in [-0.05, 0) is 23.1 Å². The molecule has 0 aliphatic carbocycles. The van der Waals surface area contributed by atoms with Crippen molar-refractivity contribution in [1.82, 2.24) is 15.2 Å².